The quantitative estimate of drug-likeness (QED) is 0.531. The van der Waals surface area contributed by atoms with Gasteiger partial charge >= 0.3 is 5.97 Å². The zero-order chi connectivity index (χ0) is 24.8. The number of ether oxygens (including phenoxy) is 1. The topological polar surface area (TPSA) is 53.1 Å². The van der Waals surface area contributed by atoms with Crippen molar-refractivity contribution < 1.29 is 27.5 Å². The molecule has 34 heavy (non-hydrogen) atoms. The number of piperazine rings is 1. The van der Waals surface area contributed by atoms with Crippen molar-refractivity contribution in [3.05, 3.63) is 59.4 Å². The lowest BCUT2D eigenvalue weighted by Crippen LogP contribution is -2.49. The molecule has 1 unspecified atom stereocenters. The van der Waals surface area contributed by atoms with Crippen LogP contribution < -0.4 is 9.80 Å². The van der Waals surface area contributed by atoms with Crippen molar-refractivity contribution in [1.82, 2.24) is 4.90 Å². The number of rotatable bonds is 8. The summed E-state index contributed by atoms with van der Waals surface area (Å²) in [5.74, 6) is -2.66. The third-order valence-electron chi connectivity index (χ3n) is 5.97. The molecule has 0 aliphatic carbocycles. The van der Waals surface area contributed by atoms with Gasteiger partial charge in [-0.25, -0.2) is 18.0 Å². The van der Waals surface area contributed by atoms with Crippen LogP contribution in [0.1, 0.15) is 38.3 Å². The zero-order valence-electron chi connectivity index (χ0n) is 19.7. The summed E-state index contributed by atoms with van der Waals surface area (Å²) in [6.45, 7) is 5.73. The molecule has 1 aliphatic rings. The summed E-state index contributed by atoms with van der Waals surface area (Å²) < 4.78 is 47.5. The Balaban J connectivity index is 1.75. The molecule has 1 saturated heterocycles. The minimum Gasteiger partial charge on any atom is -0.468 e. The molecule has 184 valence electrons. The summed E-state index contributed by atoms with van der Waals surface area (Å²) in [5.41, 5.74) is 1.08. The van der Waals surface area contributed by atoms with E-state index in [9.17, 15) is 18.4 Å². The molecule has 9 heteroatoms. The number of methoxy groups -OCH3 is 1. The number of nitrogens with zero attached hydrogens (tertiary/aromatic N) is 3. The van der Waals surface area contributed by atoms with E-state index in [0.717, 1.165) is 24.6 Å². The molecule has 0 bridgehead atoms. The van der Waals surface area contributed by atoms with Gasteiger partial charge in [0.05, 0.1) is 12.8 Å². The Kier molecular flexibility index (Phi) is 8.55. The van der Waals surface area contributed by atoms with Gasteiger partial charge in [-0.3, -0.25) is 9.69 Å². The zero-order valence-corrected chi connectivity index (χ0v) is 19.7. The minimum atomic E-state index is -0.965. The number of carbonyl (C=O) groups is 2. The Hall–Kier alpha value is -3.07. The molecule has 1 heterocycles. The molecule has 1 atom stereocenters. The molecule has 0 radical (unpaired) electrons. The van der Waals surface area contributed by atoms with Crippen molar-refractivity contribution in [3.8, 4) is 0 Å². The molecule has 0 aromatic heterocycles. The number of amides is 1. The average molecular weight is 478 g/mol. The summed E-state index contributed by atoms with van der Waals surface area (Å²) in [6.07, 6.45) is 1.12. The Morgan fingerprint density at radius 1 is 1.00 bits per heavy atom. The van der Waals surface area contributed by atoms with Gasteiger partial charge < -0.3 is 14.5 Å². The maximum Gasteiger partial charge on any atom is 0.327 e. The van der Waals surface area contributed by atoms with Crippen LogP contribution in [0.2, 0.25) is 0 Å². The van der Waals surface area contributed by atoms with Crippen molar-refractivity contribution in [3.63, 3.8) is 0 Å². The molecule has 2 aromatic carbocycles. The summed E-state index contributed by atoms with van der Waals surface area (Å²) in [6, 6.07) is 6.77. The predicted octanol–water partition coefficient (Wildman–Crippen LogP) is 4.29. The van der Waals surface area contributed by atoms with Crippen LogP contribution in [-0.4, -0.2) is 56.6 Å². The number of benzene rings is 2. The first-order valence-electron chi connectivity index (χ1n) is 11.4. The molecular formula is C25H30F3N3O3. The van der Waals surface area contributed by atoms with E-state index in [0.29, 0.717) is 50.5 Å². The maximum absolute atomic E-state index is 15.0. The van der Waals surface area contributed by atoms with E-state index in [4.69, 9.17) is 4.74 Å². The van der Waals surface area contributed by atoms with E-state index in [-0.39, 0.29) is 11.5 Å². The van der Waals surface area contributed by atoms with Gasteiger partial charge in [0.25, 0.3) is 0 Å². The molecule has 1 fully saturated rings. The number of carbonyl (C=O) groups excluding carboxylic acids is 2. The van der Waals surface area contributed by atoms with Crippen LogP contribution in [0.5, 0.6) is 0 Å². The Morgan fingerprint density at radius 2 is 1.65 bits per heavy atom. The van der Waals surface area contributed by atoms with Crippen molar-refractivity contribution >= 4 is 23.3 Å². The largest absolute Gasteiger partial charge is 0.468 e. The van der Waals surface area contributed by atoms with E-state index in [2.05, 4.69) is 0 Å². The summed E-state index contributed by atoms with van der Waals surface area (Å²) in [4.78, 5) is 30.0. The van der Waals surface area contributed by atoms with E-state index in [1.54, 1.807) is 21.9 Å². The fraction of sp³-hybridized carbons (Fsp3) is 0.440. The van der Waals surface area contributed by atoms with E-state index in [1.165, 1.54) is 13.2 Å². The van der Waals surface area contributed by atoms with Crippen LogP contribution in [-0.2, 0) is 14.3 Å². The van der Waals surface area contributed by atoms with Crippen molar-refractivity contribution in [2.75, 3.05) is 49.6 Å². The van der Waals surface area contributed by atoms with Crippen LogP contribution in [0.3, 0.4) is 0 Å². The molecule has 1 aliphatic heterocycles. The van der Waals surface area contributed by atoms with Crippen molar-refractivity contribution in [2.24, 2.45) is 0 Å². The Labute approximate surface area is 197 Å². The first-order chi connectivity index (χ1) is 16.3. The van der Waals surface area contributed by atoms with Crippen molar-refractivity contribution in [1.29, 1.82) is 0 Å². The van der Waals surface area contributed by atoms with Gasteiger partial charge in [0.2, 0.25) is 5.91 Å². The van der Waals surface area contributed by atoms with Gasteiger partial charge in [-0.1, -0.05) is 6.92 Å². The number of esters is 1. The lowest BCUT2D eigenvalue weighted by atomic mass is 10.0. The lowest BCUT2D eigenvalue weighted by molar-refractivity contribution is -0.147. The molecule has 0 spiro atoms. The highest BCUT2D eigenvalue weighted by Gasteiger charge is 2.32. The second-order valence-electron chi connectivity index (χ2n) is 8.18. The Bertz CT molecular complexity index is 1010. The fourth-order valence-electron chi connectivity index (χ4n) is 4.33. The van der Waals surface area contributed by atoms with E-state index in [1.807, 2.05) is 18.7 Å². The van der Waals surface area contributed by atoms with Gasteiger partial charge in [-0.05, 0) is 49.2 Å². The number of hydrogen-bond donors (Lipinski definition) is 0. The van der Waals surface area contributed by atoms with E-state index < -0.39 is 29.5 Å². The van der Waals surface area contributed by atoms with Gasteiger partial charge in [0.1, 0.15) is 23.5 Å². The summed E-state index contributed by atoms with van der Waals surface area (Å²) in [7, 11) is 1.23. The van der Waals surface area contributed by atoms with Crippen molar-refractivity contribution in [2.45, 2.75) is 32.7 Å². The van der Waals surface area contributed by atoms with Gasteiger partial charge in [-0.15, -0.1) is 0 Å². The smallest absolute Gasteiger partial charge is 0.327 e. The number of halogens is 3. The van der Waals surface area contributed by atoms with Gasteiger partial charge in [0.15, 0.2) is 0 Å². The first kappa shape index (κ1) is 25.6. The van der Waals surface area contributed by atoms with Gasteiger partial charge in [-0.2, -0.15) is 0 Å². The monoisotopic (exact) mass is 477 g/mol. The predicted molar refractivity (Wildman–Crippen MR) is 124 cm³/mol. The second-order valence-corrected chi connectivity index (χ2v) is 8.18. The second kappa shape index (κ2) is 11.4. The third-order valence-corrected chi connectivity index (χ3v) is 5.97. The average Bonchev–Trinajstić information content (AvgIpc) is 2.80. The summed E-state index contributed by atoms with van der Waals surface area (Å²) >= 11 is 0. The SMILES string of the molecule is CCCC(=O)N(CC)c1ccc(N2CCN(C(C(=O)OC)c3cc(F)cc(F)c3)CC2)c(F)c1. The van der Waals surface area contributed by atoms with Gasteiger partial charge in [0, 0.05) is 50.9 Å². The van der Waals surface area contributed by atoms with Crippen LogP contribution >= 0.6 is 0 Å². The molecular weight excluding hydrogens is 447 g/mol. The molecule has 6 nitrogen and oxygen atoms in total. The third kappa shape index (κ3) is 5.70. The lowest BCUT2D eigenvalue weighted by Gasteiger charge is -2.39. The highest BCUT2D eigenvalue weighted by molar-refractivity contribution is 5.93. The highest BCUT2D eigenvalue weighted by Crippen LogP contribution is 2.29. The molecule has 0 N–H and O–H groups in total. The van der Waals surface area contributed by atoms with Crippen LogP contribution in [0.25, 0.3) is 0 Å². The molecule has 0 saturated carbocycles. The highest BCUT2D eigenvalue weighted by atomic mass is 19.1. The Morgan fingerprint density at radius 3 is 2.18 bits per heavy atom. The standard InChI is InChI=1S/C25H30F3N3O3/c1-4-6-23(32)31(5-2)20-7-8-22(21(28)16-20)29-9-11-30(12-10-29)24(25(33)34-3)17-13-18(26)15-19(27)14-17/h7-8,13-16,24H,4-6,9-12H2,1-3H3. The number of hydrogen-bond acceptors (Lipinski definition) is 5. The van der Waals surface area contributed by atoms with Crippen LogP contribution in [0.15, 0.2) is 36.4 Å². The number of anilines is 2. The molecule has 1 amide bonds. The first-order valence-corrected chi connectivity index (χ1v) is 11.4. The molecule has 3 rings (SSSR count). The fourth-order valence-corrected chi connectivity index (χ4v) is 4.33. The summed E-state index contributed by atoms with van der Waals surface area (Å²) in [5, 5.41) is 0. The van der Waals surface area contributed by atoms with E-state index >= 15 is 4.39 Å². The molecule has 2 aromatic rings. The van der Waals surface area contributed by atoms with Crippen LogP contribution in [0, 0.1) is 17.5 Å². The van der Waals surface area contributed by atoms with Crippen LogP contribution in [0.4, 0.5) is 24.5 Å². The minimum absolute atomic E-state index is 0.0478. The maximum atomic E-state index is 15.0. The normalized spacial score (nSPS) is 15.2.